The molecule has 1 heterocycles. The third-order valence-corrected chi connectivity index (χ3v) is 4.23. The van der Waals surface area contributed by atoms with E-state index in [2.05, 4.69) is 17.2 Å². The molecule has 3 rings (SSSR count). The standard InChI is InChI=1S/C21H23N3O2/c1-3-16-8-7-11-18(14-16)26-15-19(25)23-20(17-9-5-4-6-10-17)21-22-12-13-24(21)2/h4-14,20H,3,15H2,1-2H3,(H,23,25)/t20-/m0/s1. The normalized spacial score (nSPS) is 11.8. The molecule has 26 heavy (non-hydrogen) atoms. The fraction of sp³-hybridized carbons (Fsp3) is 0.238. The van der Waals surface area contributed by atoms with E-state index in [1.807, 2.05) is 72.4 Å². The molecule has 0 saturated heterocycles. The van der Waals surface area contributed by atoms with E-state index in [9.17, 15) is 4.79 Å². The van der Waals surface area contributed by atoms with Crippen molar-refractivity contribution in [3.63, 3.8) is 0 Å². The van der Waals surface area contributed by atoms with Crippen molar-refractivity contribution in [2.75, 3.05) is 6.61 Å². The molecule has 5 heteroatoms. The van der Waals surface area contributed by atoms with Crippen molar-refractivity contribution >= 4 is 5.91 Å². The van der Waals surface area contributed by atoms with Gasteiger partial charge in [-0.05, 0) is 29.7 Å². The van der Waals surface area contributed by atoms with Crippen LogP contribution in [0.5, 0.6) is 5.75 Å². The summed E-state index contributed by atoms with van der Waals surface area (Å²) >= 11 is 0. The van der Waals surface area contributed by atoms with E-state index in [0.717, 1.165) is 17.8 Å². The lowest BCUT2D eigenvalue weighted by atomic mass is 10.1. The predicted molar refractivity (Wildman–Crippen MR) is 101 cm³/mol. The molecule has 3 aromatic rings. The van der Waals surface area contributed by atoms with Gasteiger partial charge in [-0.15, -0.1) is 0 Å². The molecule has 5 nitrogen and oxygen atoms in total. The summed E-state index contributed by atoms with van der Waals surface area (Å²) in [4.78, 5) is 16.9. The van der Waals surface area contributed by atoms with Gasteiger partial charge in [0.05, 0.1) is 0 Å². The van der Waals surface area contributed by atoms with Crippen LogP contribution in [0.2, 0.25) is 0 Å². The van der Waals surface area contributed by atoms with Gasteiger partial charge in [0.2, 0.25) is 0 Å². The number of amides is 1. The zero-order valence-electron chi connectivity index (χ0n) is 15.1. The van der Waals surface area contributed by atoms with Crippen molar-refractivity contribution in [3.8, 4) is 5.75 Å². The summed E-state index contributed by atoms with van der Waals surface area (Å²) in [6.45, 7) is 2.05. The number of carbonyl (C=O) groups is 1. The second-order valence-corrected chi connectivity index (χ2v) is 6.10. The fourth-order valence-electron chi connectivity index (χ4n) is 2.80. The molecule has 0 aliphatic heterocycles. The largest absolute Gasteiger partial charge is 0.484 e. The summed E-state index contributed by atoms with van der Waals surface area (Å²) in [6, 6.07) is 17.3. The second kappa shape index (κ2) is 8.34. The number of ether oxygens (including phenoxy) is 1. The number of hydrogen-bond donors (Lipinski definition) is 1. The molecule has 0 bridgehead atoms. The van der Waals surface area contributed by atoms with E-state index in [1.165, 1.54) is 5.56 Å². The number of nitrogens with zero attached hydrogens (tertiary/aromatic N) is 2. The molecule has 0 saturated carbocycles. The Kier molecular flexibility index (Phi) is 5.69. The molecular formula is C21H23N3O2. The molecule has 2 aromatic carbocycles. The highest BCUT2D eigenvalue weighted by Gasteiger charge is 2.20. The summed E-state index contributed by atoms with van der Waals surface area (Å²) in [6.07, 6.45) is 4.52. The first kappa shape index (κ1) is 17.7. The zero-order chi connectivity index (χ0) is 18.4. The Morgan fingerprint density at radius 3 is 2.69 bits per heavy atom. The maximum Gasteiger partial charge on any atom is 0.258 e. The predicted octanol–water partition coefficient (Wildman–Crippen LogP) is 3.27. The van der Waals surface area contributed by atoms with Crippen LogP contribution in [0.3, 0.4) is 0 Å². The third-order valence-electron chi connectivity index (χ3n) is 4.23. The molecular weight excluding hydrogens is 326 g/mol. The van der Waals surface area contributed by atoms with Gasteiger partial charge >= 0.3 is 0 Å². The van der Waals surface area contributed by atoms with E-state index in [1.54, 1.807) is 6.20 Å². The Bertz CT molecular complexity index is 858. The zero-order valence-corrected chi connectivity index (χ0v) is 15.1. The van der Waals surface area contributed by atoms with Crippen molar-refractivity contribution in [3.05, 3.63) is 83.9 Å². The SMILES string of the molecule is CCc1cccc(OCC(=O)N[C@@H](c2ccccc2)c2nccn2C)c1. The summed E-state index contributed by atoms with van der Waals surface area (Å²) < 4.78 is 7.56. The maximum absolute atomic E-state index is 12.5. The Morgan fingerprint density at radius 1 is 1.19 bits per heavy atom. The fourth-order valence-corrected chi connectivity index (χ4v) is 2.80. The first-order valence-corrected chi connectivity index (χ1v) is 8.70. The number of hydrogen-bond acceptors (Lipinski definition) is 3. The Labute approximate surface area is 153 Å². The van der Waals surface area contributed by atoms with Crippen LogP contribution < -0.4 is 10.1 Å². The van der Waals surface area contributed by atoms with Crippen molar-refractivity contribution in [1.82, 2.24) is 14.9 Å². The quantitative estimate of drug-likeness (QED) is 0.712. The van der Waals surface area contributed by atoms with E-state index < -0.39 is 0 Å². The lowest BCUT2D eigenvalue weighted by molar-refractivity contribution is -0.123. The van der Waals surface area contributed by atoms with E-state index in [-0.39, 0.29) is 18.6 Å². The van der Waals surface area contributed by atoms with Crippen molar-refractivity contribution in [1.29, 1.82) is 0 Å². The molecule has 0 unspecified atom stereocenters. The number of aromatic nitrogens is 2. The number of nitrogens with one attached hydrogen (secondary N) is 1. The topological polar surface area (TPSA) is 56.1 Å². The number of benzene rings is 2. The summed E-state index contributed by atoms with van der Waals surface area (Å²) in [5.74, 6) is 1.29. The minimum atomic E-state index is -0.325. The average molecular weight is 349 g/mol. The van der Waals surface area contributed by atoms with Crippen LogP contribution in [0.1, 0.15) is 29.9 Å². The number of rotatable bonds is 7. The highest BCUT2D eigenvalue weighted by molar-refractivity contribution is 5.78. The van der Waals surface area contributed by atoms with Crippen LogP contribution in [-0.4, -0.2) is 22.1 Å². The van der Waals surface area contributed by atoms with Crippen molar-refractivity contribution < 1.29 is 9.53 Å². The number of imidazole rings is 1. The maximum atomic E-state index is 12.5. The molecule has 1 atom stereocenters. The highest BCUT2D eigenvalue weighted by atomic mass is 16.5. The van der Waals surface area contributed by atoms with Crippen LogP contribution in [0.25, 0.3) is 0 Å². The summed E-state index contributed by atoms with van der Waals surface area (Å²) in [5, 5.41) is 3.03. The van der Waals surface area contributed by atoms with E-state index in [0.29, 0.717) is 5.75 Å². The molecule has 0 aliphatic carbocycles. The first-order chi connectivity index (χ1) is 12.7. The molecule has 1 aromatic heterocycles. The van der Waals surface area contributed by atoms with Crippen molar-refractivity contribution in [2.45, 2.75) is 19.4 Å². The lowest BCUT2D eigenvalue weighted by Crippen LogP contribution is -2.34. The second-order valence-electron chi connectivity index (χ2n) is 6.10. The lowest BCUT2D eigenvalue weighted by Gasteiger charge is -2.19. The van der Waals surface area contributed by atoms with Gasteiger partial charge in [0.25, 0.3) is 5.91 Å². The Morgan fingerprint density at radius 2 is 2.00 bits per heavy atom. The molecule has 134 valence electrons. The van der Waals surface area contributed by atoms with Gasteiger partial charge in [0.15, 0.2) is 6.61 Å². The number of aryl methyl sites for hydroxylation is 2. The average Bonchev–Trinajstić information content (AvgIpc) is 3.11. The highest BCUT2D eigenvalue weighted by Crippen LogP contribution is 2.20. The van der Waals surface area contributed by atoms with Gasteiger partial charge in [-0.3, -0.25) is 4.79 Å². The van der Waals surface area contributed by atoms with Crippen LogP contribution in [-0.2, 0) is 18.3 Å². The number of carbonyl (C=O) groups excluding carboxylic acids is 1. The van der Waals surface area contributed by atoms with Gasteiger partial charge < -0.3 is 14.6 Å². The van der Waals surface area contributed by atoms with Crippen LogP contribution in [0.15, 0.2) is 67.0 Å². The van der Waals surface area contributed by atoms with Crippen molar-refractivity contribution in [2.24, 2.45) is 7.05 Å². The minimum Gasteiger partial charge on any atom is -0.484 e. The summed E-state index contributed by atoms with van der Waals surface area (Å²) in [5.41, 5.74) is 2.15. The van der Waals surface area contributed by atoms with Gasteiger partial charge in [-0.25, -0.2) is 4.98 Å². The minimum absolute atomic E-state index is 0.0407. The molecule has 0 fully saturated rings. The monoisotopic (exact) mass is 349 g/mol. The van der Waals surface area contributed by atoms with Gasteiger partial charge in [0, 0.05) is 19.4 Å². The van der Waals surface area contributed by atoms with Gasteiger partial charge in [0.1, 0.15) is 17.6 Å². The molecule has 0 spiro atoms. The third kappa shape index (κ3) is 4.30. The van der Waals surface area contributed by atoms with Gasteiger partial charge in [-0.1, -0.05) is 49.4 Å². The van der Waals surface area contributed by atoms with Gasteiger partial charge in [-0.2, -0.15) is 0 Å². The Hall–Kier alpha value is -3.08. The first-order valence-electron chi connectivity index (χ1n) is 8.70. The molecule has 1 N–H and O–H groups in total. The Balaban J connectivity index is 1.70. The van der Waals surface area contributed by atoms with Crippen LogP contribution >= 0.6 is 0 Å². The smallest absolute Gasteiger partial charge is 0.258 e. The molecule has 1 amide bonds. The van der Waals surface area contributed by atoms with E-state index in [4.69, 9.17) is 4.74 Å². The summed E-state index contributed by atoms with van der Waals surface area (Å²) in [7, 11) is 1.91. The van der Waals surface area contributed by atoms with Crippen LogP contribution in [0, 0.1) is 0 Å². The van der Waals surface area contributed by atoms with Crippen LogP contribution in [0.4, 0.5) is 0 Å². The van der Waals surface area contributed by atoms with E-state index >= 15 is 0 Å². The molecule has 0 radical (unpaired) electrons. The molecule has 0 aliphatic rings.